The molecule has 0 spiro atoms. The number of nitrogens with one attached hydrogen (secondary N) is 1. The molecule has 5 heteroatoms. The summed E-state index contributed by atoms with van der Waals surface area (Å²) in [5, 5.41) is 3.05. The van der Waals surface area contributed by atoms with Crippen LogP contribution in [0, 0.1) is 18.8 Å². The lowest BCUT2D eigenvalue weighted by Gasteiger charge is -2.35. The molecule has 1 aromatic rings. The highest BCUT2D eigenvalue weighted by Crippen LogP contribution is 2.29. The van der Waals surface area contributed by atoms with E-state index in [0.29, 0.717) is 23.1 Å². The fraction of sp³-hybridized carbons (Fsp3) is 0.600. The van der Waals surface area contributed by atoms with Crippen LogP contribution in [0.3, 0.4) is 0 Å². The number of amides is 1. The highest BCUT2D eigenvalue weighted by atomic mass is 16.5. The van der Waals surface area contributed by atoms with Crippen LogP contribution in [0.2, 0.25) is 0 Å². The van der Waals surface area contributed by atoms with Crippen molar-refractivity contribution in [2.45, 2.75) is 59.1 Å². The van der Waals surface area contributed by atoms with Crippen LogP contribution in [0.5, 0.6) is 5.75 Å². The lowest BCUT2D eigenvalue weighted by Crippen LogP contribution is -2.47. The number of esters is 1. The van der Waals surface area contributed by atoms with Crippen molar-refractivity contribution in [3.63, 3.8) is 0 Å². The van der Waals surface area contributed by atoms with Gasteiger partial charge in [-0.2, -0.15) is 0 Å². The Morgan fingerprint density at radius 1 is 1.24 bits per heavy atom. The molecule has 0 aliphatic heterocycles. The molecule has 0 aromatic heterocycles. The molecule has 1 amide bonds. The summed E-state index contributed by atoms with van der Waals surface area (Å²) < 4.78 is 10.6. The fourth-order valence-corrected chi connectivity index (χ4v) is 3.34. The maximum Gasteiger partial charge on any atom is 0.342 e. The van der Waals surface area contributed by atoms with Crippen molar-refractivity contribution in [1.82, 2.24) is 5.32 Å². The molecule has 1 saturated carbocycles. The summed E-state index contributed by atoms with van der Waals surface area (Å²) in [6.07, 6.45) is 2.45. The van der Waals surface area contributed by atoms with Gasteiger partial charge in [0.1, 0.15) is 11.3 Å². The fourth-order valence-electron chi connectivity index (χ4n) is 3.34. The van der Waals surface area contributed by atoms with Crippen molar-refractivity contribution in [2.24, 2.45) is 11.8 Å². The van der Waals surface area contributed by atoms with E-state index in [4.69, 9.17) is 9.47 Å². The minimum Gasteiger partial charge on any atom is -0.496 e. The molecule has 0 heterocycles. The molecule has 1 aliphatic rings. The van der Waals surface area contributed by atoms with Gasteiger partial charge in [-0.3, -0.25) is 4.79 Å². The van der Waals surface area contributed by atoms with Crippen LogP contribution in [-0.2, 0) is 9.53 Å². The molecule has 25 heavy (non-hydrogen) atoms. The molecule has 5 nitrogen and oxygen atoms in total. The number of rotatable bonds is 5. The lowest BCUT2D eigenvalue weighted by atomic mass is 9.78. The number of benzene rings is 1. The largest absolute Gasteiger partial charge is 0.496 e. The first-order valence-corrected chi connectivity index (χ1v) is 8.99. The molecule has 0 saturated heterocycles. The van der Waals surface area contributed by atoms with Gasteiger partial charge in [0.25, 0.3) is 5.91 Å². The second-order valence-electron chi connectivity index (χ2n) is 7.13. The Balaban J connectivity index is 1.99. The van der Waals surface area contributed by atoms with Crippen molar-refractivity contribution in [3.8, 4) is 5.75 Å². The van der Waals surface area contributed by atoms with Crippen LogP contribution in [0.4, 0.5) is 0 Å². The van der Waals surface area contributed by atoms with E-state index in [-0.39, 0.29) is 11.9 Å². The maximum absolute atomic E-state index is 12.4. The van der Waals surface area contributed by atoms with Gasteiger partial charge in [-0.15, -0.1) is 0 Å². The van der Waals surface area contributed by atoms with Gasteiger partial charge in [-0.25, -0.2) is 4.79 Å². The van der Waals surface area contributed by atoms with E-state index in [9.17, 15) is 9.59 Å². The van der Waals surface area contributed by atoms with Gasteiger partial charge in [0.15, 0.2) is 6.10 Å². The Kier molecular flexibility index (Phi) is 6.45. The highest BCUT2D eigenvalue weighted by molar-refractivity contribution is 5.94. The third kappa shape index (κ3) is 4.74. The molecule has 0 bridgehead atoms. The molecule has 4 atom stereocenters. The average Bonchev–Trinajstić information content (AvgIpc) is 2.58. The van der Waals surface area contributed by atoms with Crippen molar-refractivity contribution >= 4 is 11.9 Å². The summed E-state index contributed by atoms with van der Waals surface area (Å²) >= 11 is 0. The van der Waals surface area contributed by atoms with E-state index < -0.39 is 12.1 Å². The summed E-state index contributed by atoms with van der Waals surface area (Å²) in [6, 6.07) is 5.43. The highest BCUT2D eigenvalue weighted by Gasteiger charge is 2.30. The van der Waals surface area contributed by atoms with Gasteiger partial charge in [0.05, 0.1) is 7.11 Å². The Bertz CT molecular complexity index is 628. The predicted molar refractivity (Wildman–Crippen MR) is 96.7 cm³/mol. The number of carbonyl (C=O) groups is 2. The van der Waals surface area contributed by atoms with E-state index in [1.807, 2.05) is 13.0 Å². The molecule has 1 aliphatic carbocycles. The first-order valence-electron chi connectivity index (χ1n) is 8.99. The number of aryl methyl sites for hydroxylation is 1. The Morgan fingerprint density at radius 2 is 1.96 bits per heavy atom. The first-order chi connectivity index (χ1) is 11.8. The summed E-state index contributed by atoms with van der Waals surface area (Å²) in [6.45, 7) is 7.88. The third-order valence-electron chi connectivity index (χ3n) is 5.26. The third-order valence-corrected chi connectivity index (χ3v) is 5.26. The molecule has 1 N–H and O–H groups in total. The molecule has 2 rings (SSSR count). The summed E-state index contributed by atoms with van der Waals surface area (Å²) in [4.78, 5) is 24.8. The Labute approximate surface area is 150 Å². The van der Waals surface area contributed by atoms with E-state index >= 15 is 0 Å². The van der Waals surface area contributed by atoms with Crippen molar-refractivity contribution in [2.75, 3.05) is 7.11 Å². The second-order valence-corrected chi connectivity index (χ2v) is 7.13. The predicted octanol–water partition coefficient (Wildman–Crippen LogP) is 3.49. The number of hydrogen-bond donors (Lipinski definition) is 1. The summed E-state index contributed by atoms with van der Waals surface area (Å²) in [7, 11) is 1.50. The minimum absolute atomic E-state index is 0.144. The van der Waals surface area contributed by atoms with Crippen molar-refractivity contribution in [1.29, 1.82) is 0 Å². The Hall–Kier alpha value is -2.04. The zero-order valence-electron chi connectivity index (χ0n) is 15.8. The van der Waals surface area contributed by atoms with E-state index in [1.165, 1.54) is 13.5 Å². The lowest BCUT2D eigenvalue weighted by molar-refractivity contribution is -0.130. The van der Waals surface area contributed by atoms with E-state index in [1.54, 1.807) is 19.1 Å². The molecule has 0 radical (unpaired) electrons. The van der Waals surface area contributed by atoms with Crippen LogP contribution in [-0.4, -0.2) is 31.1 Å². The Morgan fingerprint density at radius 3 is 2.64 bits per heavy atom. The van der Waals surface area contributed by atoms with Gasteiger partial charge < -0.3 is 14.8 Å². The number of hydrogen-bond acceptors (Lipinski definition) is 4. The zero-order valence-corrected chi connectivity index (χ0v) is 15.8. The van der Waals surface area contributed by atoms with Crippen LogP contribution >= 0.6 is 0 Å². The molecule has 0 unspecified atom stereocenters. The van der Waals surface area contributed by atoms with Crippen molar-refractivity contribution < 1.29 is 19.1 Å². The van der Waals surface area contributed by atoms with Gasteiger partial charge in [-0.05, 0) is 44.2 Å². The van der Waals surface area contributed by atoms with E-state index in [0.717, 1.165) is 18.4 Å². The van der Waals surface area contributed by atoms with E-state index in [2.05, 4.69) is 19.2 Å². The number of carbonyl (C=O) groups excluding carboxylic acids is 2. The average molecular weight is 347 g/mol. The maximum atomic E-state index is 12.4. The second kappa shape index (κ2) is 8.37. The van der Waals surface area contributed by atoms with Gasteiger partial charge in [0.2, 0.25) is 0 Å². The van der Waals surface area contributed by atoms with Crippen molar-refractivity contribution in [3.05, 3.63) is 29.3 Å². The quantitative estimate of drug-likeness (QED) is 0.828. The normalized spacial score (nSPS) is 24.3. The van der Waals surface area contributed by atoms with Crippen LogP contribution in [0.1, 0.15) is 56.0 Å². The van der Waals surface area contributed by atoms with Gasteiger partial charge in [-0.1, -0.05) is 38.3 Å². The number of methoxy groups -OCH3 is 1. The van der Waals surface area contributed by atoms with Crippen LogP contribution in [0.15, 0.2) is 18.2 Å². The molecule has 1 aromatic carbocycles. The smallest absolute Gasteiger partial charge is 0.342 e. The standard InChI is InChI=1S/C20H29NO4/c1-12-9-10-18(24-5)16(11-12)20(23)25-15(4)19(22)21-17-8-6-7-13(2)14(17)3/h9-11,13-15,17H,6-8H2,1-5H3,(H,21,22)/t13-,14-,15+,17-/m0/s1. The topological polar surface area (TPSA) is 64.6 Å². The minimum atomic E-state index is -0.845. The van der Waals surface area contributed by atoms with Crippen LogP contribution < -0.4 is 10.1 Å². The van der Waals surface area contributed by atoms with Gasteiger partial charge >= 0.3 is 5.97 Å². The van der Waals surface area contributed by atoms with Gasteiger partial charge in [0, 0.05) is 6.04 Å². The monoisotopic (exact) mass is 347 g/mol. The summed E-state index contributed by atoms with van der Waals surface area (Å²) in [5.74, 6) is 0.669. The first kappa shape index (κ1) is 19.3. The SMILES string of the molecule is COc1ccc(C)cc1C(=O)O[C@H](C)C(=O)N[C@H]1CCC[C@H](C)[C@@H]1C. The van der Waals surface area contributed by atoms with Crippen LogP contribution in [0.25, 0.3) is 0 Å². The number of ether oxygens (including phenoxy) is 2. The molecular formula is C20H29NO4. The molecular weight excluding hydrogens is 318 g/mol. The molecule has 1 fully saturated rings. The molecule has 138 valence electrons. The summed E-state index contributed by atoms with van der Waals surface area (Å²) in [5.41, 5.74) is 1.26. The zero-order chi connectivity index (χ0) is 18.6.